The fourth-order valence-corrected chi connectivity index (χ4v) is 6.83. The van der Waals surface area contributed by atoms with Crippen LogP contribution < -0.4 is 5.73 Å². The minimum Gasteiger partial charge on any atom is -0.456 e. The Balaban J connectivity index is 0.000000156. The molecule has 4 heteroatoms. The summed E-state index contributed by atoms with van der Waals surface area (Å²) in [4.78, 5) is 4.34. The van der Waals surface area contributed by atoms with Gasteiger partial charge in [-0.15, -0.1) is 0 Å². The molecule has 240 valence electrons. The molecule has 0 spiro atoms. The van der Waals surface area contributed by atoms with Crippen molar-refractivity contribution in [3.63, 3.8) is 0 Å². The quantitative estimate of drug-likeness (QED) is 0.148. The number of furan rings is 1. The lowest BCUT2D eigenvalue weighted by atomic mass is 9.94. The molecule has 1 heterocycles. The standard InChI is InChI=1S/C26H19N3O.C20H16/c27-25(19-12-10-18(11-13-19)17-6-2-1-3-7-17)29-26(28)20-14-15-24-22(16-20)21-8-4-5-9-23(21)30-24;1-14-10-11-19-17(12-14)13-16-8-5-9-18(20(16)19)15-6-3-2-4-7-15/h1-16H,(H3,27,28,29);2-12H,13H2,1H3. The molecule has 0 saturated heterocycles. The lowest BCUT2D eigenvalue weighted by molar-refractivity contribution is 0.669. The van der Waals surface area contributed by atoms with E-state index in [-0.39, 0.29) is 5.84 Å². The fraction of sp³-hybridized carbons (Fsp3) is 0.0435. The Morgan fingerprint density at radius 2 is 1.22 bits per heavy atom. The number of fused-ring (bicyclic) bond motifs is 6. The Hall–Kier alpha value is -6.52. The normalized spacial score (nSPS) is 11.9. The van der Waals surface area contributed by atoms with E-state index in [0.29, 0.717) is 11.4 Å². The number of aryl methyl sites for hydroxylation is 1. The van der Waals surface area contributed by atoms with E-state index in [4.69, 9.17) is 15.6 Å². The van der Waals surface area contributed by atoms with Gasteiger partial charge < -0.3 is 10.2 Å². The molecular weight excluding hydrogens is 611 g/mol. The van der Waals surface area contributed by atoms with Crippen molar-refractivity contribution in [2.75, 3.05) is 0 Å². The zero-order valence-electron chi connectivity index (χ0n) is 27.7. The molecule has 0 aliphatic heterocycles. The van der Waals surface area contributed by atoms with Crippen LogP contribution in [-0.4, -0.2) is 11.7 Å². The van der Waals surface area contributed by atoms with Gasteiger partial charge in [-0.1, -0.05) is 145 Å². The van der Waals surface area contributed by atoms with E-state index in [0.717, 1.165) is 45.0 Å². The average Bonchev–Trinajstić information content (AvgIpc) is 3.73. The Labute approximate surface area is 291 Å². The summed E-state index contributed by atoms with van der Waals surface area (Å²) in [7, 11) is 0. The number of benzene rings is 7. The van der Waals surface area contributed by atoms with Gasteiger partial charge in [0.15, 0.2) is 5.84 Å². The summed E-state index contributed by atoms with van der Waals surface area (Å²) in [6, 6.07) is 55.8. The zero-order valence-corrected chi connectivity index (χ0v) is 27.7. The molecule has 8 aromatic rings. The number of para-hydroxylation sites is 1. The van der Waals surface area contributed by atoms with Gasteiger partial charge in [-0.25, -0.2) is 4.99 Å². The molecule has 0 bridgehead atoms. The Morgan fingerprint density at radius 3 is 2.00 bits per heavy atom. The molecule has 7 aromatic carbocycles. The van der Waals surface area contributed by atoms with Crippen molar-refractivity contribution >= 4 is 33.6 Å². The van der Waals surface area contributed by atoms with Gasteiger partial charge in [-0.05, 0) is 82.1 Å². The smallest absolute Gasteiger partial charge is 0.154 e. The van der Waals surface area contributed by atoms with Crippen molar-refractivity contribution in [3.8, 4) is 33.4 Å². The first kappa shape index (κ1) is 30.8. The van der Waals surface area contributed by atoms with E-state index in [1.54, 1.807) is 0 Å². The average molecular weight is 646 g/mol. The van der Waals surface area contributed by atoms with Gasteiger partial charge in [0.2, 0.25) is 0 Å². The molecule has 50 heavy (non-hydrogen) atoms. The number of nitrogens with one attached hydrogen (secondary N) is 1. The highest BCUT2D eigenvalue weighted by Gasteiger charge is 2.21. The molecule has 4 nitrogen and oxygen atoms in total. The Morgan fingerprint density at radius 1 is 0.560 bits per heavy atom. The number of amidine groups is 2. The molecule has 0 amide bonds. The van der Waals surface area contributed by atoms with Gasteiger partial charge in [0.05, 0.1) is 0 Å². The number of nitrogens with two attached hydrogens (primary N) is 1. The summed E-state index contributed by atoms with van der Waals surface area (Å²) in [6.07, 6.45) is 1.06. The number of rotatable bonds is 4. The van der Waals surface area contributed by atoms with E-state index >= 15 is 0 Å². The van der Waals surface area contributed by atoms with Crippen LogP contribution in [-0.2, 0) is 6.42 Å². The highest BCUT2D eigenvalue weighted by Crippen LogP contribution is 2.43. The number of nitrogens with zero attached hydrogens (tertiary/aromatic N) is 1. The van der Waals surface area contributed by atoms with Gasteiger partial charge in [0, 0.05) is 21.9 Å². The van der Waals surface area contributed by atoms with Gasteiger partial charge in [0.25, 0.3) is 0 Å². The molecule has 1 aromatic heterocycles. The van der Waals surface area contributed by atoms with Crippen molar-refractivity contribution in [3.05, 3.63) is 192 Å². The van der Waals surface area contributed by atoms with Crippen LogP contribution in [0.2, 0.25) is 0 Å². The minimum absolute atomic E-state index is 0.117. The lowest BCUT2D eigenvalue weighted by Crippen LogP contribution is -2.15. The number of hydrogen-bond acceptors (Lipinski definition) is 2. The summed E-state index contributed by atoms with van der Waals surface area (Å²) >= 11 is 0. The summed E-state index contributed by atoms with van der Waals surface area (Å²) in [5.41, 5.74) is 21.3. The molecule has 0 atom stereocenters. The van der Waals surface area contributed by atoms with Crippen LogP contribution in [0.1, 0.15) is 27.8 Å². The molecular formula is C46H35N3O. The molecule has 1 aliphatic rings. The summed E-state index contributed by atoms with van der Waals surface area (Å²) in [5, 5.41) is 10.4. The van der Waals surface area contributed by atoms with Crippen LogP contribution in [0.15, 0.2) is 173 Å². The third kappa shape index (κ3) is 5.99. The Bertz CT molecular complexity index is 2530. The van der Waals surface area contributed by atoms with Crippen molar-refractivity contribution < 1.29 is 4.42 Å². The van der Waals surface area contributed by atoms with Crippen LogP contribution in [0.25, 0.3) is 55.3 Å². The predicted octanol–water partition coefficient (Wildman–Crippen LogP) is 11.2. The highest BCUT2D eigenvalue weighted by molar-refractivity contribution is 6.13. The molecule has 9 rings (SSSR count). The van der Waals surface area contributed by atoms with Crippen LogP contribution in [0, 0.1) is 12.3 Å². The molecule has 0 unspecified atom stereocenters. The van der Waals surface area contributed by atoms with E-state index in [1.165, 1.54) is 38.9 Å². The summed E-state index contributed by atoms with van der Waals surface area (Å²) in [5.74, 6) is 0.434. The Kier molecular flexibility index (Phi) is 8.11. The monoisotopic (exact) mass is 645 g/mol. The third-order valence-electron chi connectivity index (χ3n) is 9.32. The van der Waals surface area contributed by atoms with Crippen molar-refractivity contribution in [2.45, 2.75) is 13.3 Å². The van der Waals surface area contributed by atoms with Crippen LogP contribution in [0.5, 0.6) is 0 Å². The van der Waals surface area contributed by atoms with Gasteiger partial charge in [-0.2, -0.15) is 0 Å². The SMILES string of the molecule is Cc1ccc2c(c1)Cc1cccc(-c3ccccc3)c1-2.N=C(N=C(N)c1ccc(-c2ccccc2)cc1)c1ccc2oc3ccccc3c2c1. The first-order valence-electron chi connectivity index (χ1n) is 16.8. The lowest BCUT2D eigenvalue weighted by Gasteiger charge is -2.10. The number of aliphatic imine (C=N–C) groups is 1. The van der Waals surface area contributed by atoms with Crippen molar-refractivity contribution in [1.29, 1.82) is 5.41 Å². The largest absolute Gasteiger partial charge is 0.456 e. The summed E-state index contributed by atoms with van der Waals surface area (Å²) < 4.78 is 5.85. The van der Waals surface area contributed by atoms with Crippen LogP contribution in [0.4, 0.5) is 0 Å². The zero-order chi connectivity index (χ0) is 34.0. The van der Waals surface area contributed by atoms with Gasteiger partial charge in [-0.3, -0.25) is 5.41 Å². The van der Waals surface area contributed by atoms with E-state index < -0.39 is 0 Å². The van der Waals surface area contributed by atoms with Gasteiger partial charge >= 0.3 is 0 Å². The molecule has 0 radical (unpaired) electrons. The second-order valence-electron chi connectivity index (χ2n) is 12.6. The highest BCUT2D eigenvalue weighted by atomic mass is 16.3. The van der Waals surface area contributed by atoms with Crippen molar-refractivity contribution in [2.24, 2.45) is 10.7 Å². The topological polar surface area (TPSA) is 75.4 Å². The molecule has 0 fully saturated rings. The van der Waals surface area contributed by atoms with Crippen LogP contribution >= 0.6 is 0 Å². The number of hydrogen-bond donors (Lipinski definition) is 2. The first-order valence-corrected chi connectivity index (χ1v) is 16.8. The van der Waals surface area contributed by atoms with E-state index in [9.17, 15) is 0 Å². The molecule has 3 N–H and O–H groups in total. The van der Waals surface area contributed by atoms with E-state index in [1.807, 2.05) is 84.9 Å². The van der Waals surface area contributed by atoms with Crippen molar-refractivity contribution in [1.82, 2.24) is 0 Å². The molecule has 0 saturated carbocycles. The summed E-state index contributed by atoms with van der Waals surface area (Å²) in [6.45, 7) is 2.17. The maximum atomic E-state index is 8.42. The predicted molar refractivity (Wildman–Crippen MR) is 208 cm³/mol. The van der Waals surface area contributed by atoms with E-state index in [2.05, 4.69) is 90.8 Å². The van der Waals surface area contributed by atoms with Gasteiger partial charge in [0.1, 0.15) is 17.0 Å². The fourth-order valence-electron chi connectivity index (χ4n) is 6.83. The maximum Gasteiger partial charge on any atom is 0.154 e. The first-order chi connectivity index (χ1) is 24.5. The van der Waals surface area contributed by atoms with Crippen LogP contribution in [0.3, 0.4) is 0 Å². The second kappa shape index (κ2) is 13.2. The third-order valence-corrected chi connectivity index (χ3v) is 9.32. The maximum absolute atomic E-state index is 8.42. The minimum atomic E-state index is 0.117. The molecule has 1 aliphatic carbocycles. The second-order valence-corrected chi connectivity index (χ2v) is 12.6.